The first kappa shape index (κ1) is 7.89. The lowest BCUT2D eigenvalue weighted by Crippen LogP contribution is -2.22. The largest absolute Gasteiger partial charge is 0.512 e. The van der Waals surface area contributed by atoms with Crippen LogP contribution < -0.4 is 0 Å². The van der Waals surface area contributed by atoms with Crippen LogP contribution in [0, 0.1) is 0 Å². The van der Waals surface area contributed by atoms with E-state index in [9.17, 15) is 0 Å². The van der Waals surface area contributed by atoms with Gasteiger partial charge in [-0.2, -0.15) is 0 Å². The lowest BCUT2D eigenvalue weighted by molar-refractivity contribution is -0.184. The van der Waals surface area contributed by atoms with E-state index in [1.54, 1.807) is 0 Å². The van der Waals surface area contributed by atoms with E-state index in [1.165, 1.54) is 0 Å². The van der Waals surface area contributed by atoms with Crippen molar-refractivity contribution in [3.8, 4) is 0 Å². The van der Waals surface area contributed by atoms with Crippen molar-refractivity contribution in [2.24, 2.45) is 0 Å². The highest BCUT2D eigenvalue weighted by Crippen LogP contribution is 2.38. The van der Waals surface area contributed by atoms with Crippen molar-refractivity contribution in [1.29, 1.82) is 0 Å². The zero-order chi connectivity index (χ0) is 8.77. The van der Waals surface area contributed by atoms with E-state index >= 15 is 0 Å². The summed E-state index contributed by atoms with van der Waals surface area (Å²) in [5.41, 5.74) is 0. The van der Waals surface area contributed by atoms with Gasteiger partial charge < -0.3 is 19.3 Å². The van der Waals surface area contributed by atoms with Gasteiger partial charge in [0.25, 0.3) is 0 Å². The Morgan fingerprint density at radius 2 is 2.25 bits per heavy atom. The number of hydrogen-bond acceptors (Lipinski definition) is 4. The third kappa shape index (κ3) is 1.17. The number of aliphatic hydroxyl groups excluding tert-OH is 1. The molecule has 2 aliphatic heterocycles. The van der Waals surface area contributed by atoms with Crippen molar-refractivity contribution in [1.82, 2.24) is 0 Å². The van der Waals surface area contributed by atoms with Gasteiger partial charge in [-0.15, -0.1) is 0 Å². The molecule has 0 aromatic rings. The molecule has 0 aliphatic carbocycles. The van der Waals surface area contributed by atoms with Crippen LogP contribution in [0.5, 0.6) is 0 Å². The van der Waals surface area contributed by atoms with Gasteiger partial charge in [-0.25, -0.2) is 0 Å². The lowest BCUT2D eigenvalue weighted by Gasteiger charge is -2.17. The van der Waals surface area contributed by atoms with Crippen LogP contribution in [-0.4, -0.2) is 23.3 Å². The minimum absolute atomic E-state index is 0.0709. The molecule has 0 saturated carbocycles. The lowest BCUT2D eigenvalue weighted by atomic mass is 10.3. The highest BCUT2D eigenvalue weighted by atomic mass is 16.8. The van der Waals surface area contributed by atoms with Gasteiger partial charge in [0.1, 0.15) is 18.1 Å². The van der Waals surface area contributed by atoms with E-state index in [0.717, 1.165) is 6.26 Å². The number of fused-ring (bicyclic) bond motifs is 1. The van der Waals surface area contributed by atoms with Crippen molar-refractivity contribution < 1.29 is 19.3 Å². The first-order valence-corrected chi connectivity index (χ1v) is 3.96. The second kappa shape index (κ2) is 2.37. The summed E-state index contributed by atoms with van der Waals surface area (Å²) in [6, 6.07) is 0. The van der Waals surface area contributed by atoms with Crippen molar-refractivity contribution >= 4 is 0 Å². The Labute approximate surface area is 70.7 Å². The van der Waals surface area contributed by atoms with Crippen LogP contribution in [0.15, 0.2) is 12.0 Å². The molecule has 0 aromatic heterocycles. The van der Waals surface area contributed by atoms with Crippen LogP contribution in [0.4, 0.5) is 0 Å². The molecule has 12 heavy (non-hydrogen) atoms. The maximum Gasteiger partial charge on any atom is 0.229 e. The summed E-state index contributed by atoms with van der Waals surface area (Å²) in [5.74, 6) is -0.0310. The second-order valence-electron chi connectivity index (χ2n) is 3.46. The van der Waals surface area contributed by atoms with Crippen LogP contribution in [-0.2, 0) is 14.2 Å². The van der Waals surface area contributed by atoms with Gasteiger partial charge in [-0.05, 0) is 13.8 Å². The van der Waals surface area contributed by atoms with Crippen LogP contribution in [0.1, 0.15) is 20.3 Å². The SMILES string of the molecule is CC1(C)OC2C/C(=C/O)O[C@@H]2O1. The van der Waals surface area contributed by atoms with Gasteiger partial charge in [-0.3, -0.25) is 0 Å². The van der Waals surface area contributed by atoms with E-state index in [0.29, 0.717) is 12.2 Å². The summed E-state index contributed by atoms with van der Waals surface area (Å²) in [4.78, 5) is 0. The molecule has 4 nitrogen and oxygen atoms in total. The molecular formula is C8H12O4. The third-order valence-electron chi connectivity index (χ3n) is 1.95. The molecule has 2 aliphatic rings. The smallest absolute Gasteiger partial charge is 0.229 e. The summed E-state index contributed by atoms with van der Waals surface area (Å²) in [6.45, 7) is 3.69. The molecule has 68 valence electrons. The summed E-state index contributed by atoms with van der Waals surface area (Å²) in [6.07, 6.45) is 1.12. The number of hydrogen-bond donors (Lipinski definition) is 1. The van der Waals surface area contributed by atoms with E-state index in [4.69, 9.17) is 19.3 Å². The molecular weight excluding hydrogens is 160 g/mol. The molecule has 1 N–H and O–H groups in total. The average Bonchev–Trinajstić information content (AvgIpc) is 2.40. The molecule has 2 atom stereocenters. The number of aliphatic hydroxyl groups is 1. The van der Waals surface area contributed by atoms with Crippen molar-refractivity contribution in [2.75, 3.05) is 0 Å². The zero-order valence-corrected chi connectivity index (χ0v) is 7.11. The average molecular weight is 172 g/mol. The van der Waals surface area contributed by atoms with Crippen LogP contribution in [0.3, 0.4) is 0 Å². The molecule has 0 radical (unpaired) electrons. The first-order chi connectivity index (χ1) is 5.61. The Bertz CT molecular complexity index is 203. The topological polar surface area (TPSA) is 47.9 Å². The van der Waals surface area contributed by atoms with Crippen molar-refractivity contribution in [2.45, 2.75) is 38.4 Å². The Kier molecular flexibility index (Phi) is 1.56. The predicted molar refractivity (Wildman–Crippen MR) is 40.2 cm³/mol. The molecule has 2 fully saturated rings. The minimum atomic E-state index is -0.559. The third-order valence-corrected chi connectivity index (χ3v) is 1.95. The van der Waals surface area contributed by atoms with E-state index < -0.39 is 5.79 Å². The maximum atomic E-state index is 8.65. The number of ether oxygens (including phenoxy) is 3. The summed E-state index contributed by atoms with van der Waals surface area (Å²) in [7, 11) is 0. The van der Waals surface area contributed by atoms with Gasteiger partial charge in [0.05, 0.1) is 0 Å². The van der Waals surface area contributed by atoms with Crippen LogP contribution >= 0.6 is 0 Å². The molecule has 0 aromatic carbocycles. The fourth-order valence-corrected chi connectivity index (χ4v) is 1.52. The Morgan fingerprint density at radius 3 is 2.83 bits per heavy atom. The fraction of sp³-hybridized carbons (Fsp3) is 0.750. The quantitative estimate of drug-likeness (QED) is 0.559. The Balaban J connectivity index is 2.07. The first-order valence-electron chi connectivity index (χ1n) is 3.96. The zero-order valence-electron chi connectivity index (χ0n) is 7.11. The van der Waals surface area contributed by atoms with Gasteiger partial charge in [0, 0.05) is 6.42 Å². The van der Waals surface area contributed by atoms with E-state index in [2.05, 4.69) is 0 Å². The summed E-state index contributed by atoms with van der Waals surface area (Å²) < 4.78 is 16.1. The fourth-order valence-electron chi connectivity index (χ4n) is 1.52. The second-order valence-corrected chi connectivity index (χ2v) is 3.46. The van der Waals surface area contributed by atoms with Gasteiger partial charge >= 0.3 is 0 Å². The Morgan fingerprint density at radius 1 is 1.50 bits per heavy atom. The molecule has 2 saturated heterocycles. The number of rotatable bonds is 0. The highest BCUT2D eigenvalue weighted by Gasteiger charge is 2.47. The van der Waals surface area contributed by atoms with Crippen molar-refractivity contribution in [3.05, 3.63) is 12.0 Å². The summed E-state index contributed by atoms with van der Waals surface area (Å²) in [5, 5.41) is 8.65. The van der Waals surface area contributed by atoms with Crippen LogP contribution in [0.25, 0.3) is 0 Å². The molecule has 0 amide bonds. The standard InChI is InChI=1S/C8H12O4/c1-8(2)11-6-3-5(4-9)10-7(6)12-8/h4,6-7,9H,3H2,1-2H3/b5-4-/t6?,7-/m1/s1. The monoisotopic (exact) mass is 172 g/mol. The molecule has 0 bridgehead atoms. The van der Waals surface area contributed by atoms with Crippen LogP contribution in [0.2, 0.25) is 0 Å². The molecule has 0 spiro atoms. The van der Waals surface area contributed by atoms with E-state index in [1.807, 2.05) is 13.8 Å². The highest BCUT2D eigenvalue weighted by molar-refractivity contribution is 5.00. The van der Waals surface area contributed by atoms with Gasteiger partial charge in [0.2, 0.25) is 6.29 Å². The maximum absolute atomic E-state index is 8.65. The Hall–Kier alpha value is -0.740. The summed E-state index contributed by atoms with van der Waals surface area (Å²) >= 11 is 0. The molecule has 2 heterocycles. The molecule has 2 rings (SSSR count). The normalized spacial score (nSPS) is 41.3. The van der Waals surface area contributed by atoms with Gasteiger partial charge in [0.15, 0.2) is 5.79 Å². The van der Waals surface area contributed by atoms with E-state index in [-0.39, 0.29) is 12.4 Å². The molecule has 1 unspecified atom stereocenters. The predicted octanol–water partition coefficient (Wildman–Crippen LogP) is 1.28. The minimum Gasteiger partial charge on any atom is -0.512 e. The van der Waals surface area contributed by atoms with Gasteiger partial charge in [-0.1, -0.05) is 0 Å². The van der Waals surface area contributed by atoms with Crippen molar-refractivity contribution in [3.63, 3.8) is 0 Å². The molecule has 4 heteroatoms.